The van der Waals surface area contributed by atoms with E-state index in [-0.39, 0.29) is 36.3 Å². The molecule has 1 atom stereocenters. The fourth-order valence-corrected chi connectivity index (χ4v) is 4.53. The number of carbonyl (C=O) groups is 3. The van der Waals surface area contributed by atoms with Crippen molar-refractivity contribution in [2.24, 2.45) is 11.3 Å². The number of para-hydroxylation sites is 1. The van der Waals surface area contributed by atoms with Crippen molar-refractivity contribution in [1.82, 2.24) is 15.8 Å². The molecule has 0 fully saturated rings. The fourth-order valence-electron chi connectivity index (χ4n) is 4.53. The van der Waals surface area contributed by atoms with Crippen LogP contribution in [-0.2, 0) is 4.79 Å². The van der Waals surface area contributed by atoms with Crippen molar-refractivity contribution in [1.29, 1.82) is 0 Å². The summed E-state index contributed by atoms with van der Waals surface area (Å²) in [5.74, 6) is -0.275. The molecule has 1 heterocycles. The molecule has 2 aromatic carbocycles. The van der Waals surface area contributed by atoms with Gasteiger partial charge in [0.1, 0.15) is 6.29 Å². The van der Waals surface area contributed by atoms with Gasteiger partial charge in [-0.1, -0.05) is 51.1 Å². The molecular weight excluding hydrogens is 484 g/mol. The molecule has 0 aliphatic heterocycles. The predicted molar refractivity (Wildman–Crippen MR) is 148 cm³/mol. The molecule has 9 nitrogen and oxygen atoms in total. The summed E-state index contributed by atoms with van der Waals surface area (Å²) >= 11 is 0. The standard InChI is InChI=1S/C19H16N2O3.C10H22N2O2/c22-12-11-21(19(24)16-8-6-14(13-23)7-9-16)17-5-1-3-15-4-2-10-20-18(15)17;1-8(5-9(13)12-14)6-10(2,3)7-11-4/h1-10,13,22H,11-12H2;8,11,14H,5-7H2,1-4H3,(H,12,13). The van der Waals surface area contributed by atoms with Crippen molar-refractivity contribution >= 4 is 34.7 Å². The number of hydroxylamine groups is 1. The highest BCUT2D eigenvalue weighted by Gasteiger charge is 2.22. The third kappa shape index (κ3) is 9.02. The predicted octanol–water partition coefficient (Wildman–Crippen LogP) is 3.84. The summed E-state index contributed by atoms with van der Waals surface area (Å²) in [5.41, 5.74) is 4.14. The van der Waals surface area contributed by atoms with Crippen LogP contribution in [0, 0.1) is 11.3 Å². The molecule has 0 aliphatic rings. The summed E-state index contributed by atoms with van der Waals surface area (Å²) in [6.07, 6.45) is 3.74. The maximum absolute atomic E-state index is 12.9. The molecule has 204 valence electrons. The minimum atomic E-state index is -0.308. The van der Waals surface area contributed by atoms with E-state index in [4.69, 9.17) is 5.21 Å². The molecular formula is C29H38N4O5. The number of hydrogen-bond acceptors (Lipinski definition) is 7. The van der Waals surface area contributed by atoms with Gasteiger partial charge in [0.2, 0.25) is 5.91 Å². The Kier molecular flexibility index (Phi) is 12.0. The molecule has 1 aromatic heterocycles. The summed E-state index contributed by atoms with van der Waals surface area (Å²) in [7, 11) is 1.92. The number of aldehydes is 1. The van der Waals surface area contributed by atoms with Crippen LogP contribution in [0.25, 0.3) is 10.9 Å². The zero-order chi connectivity index (χ0) is 28.1. The molecule has 3 aromatic rings. The van der Waals surface area contributed by atoms with Gasteiger partial charge >= 0.3 is 0 Å². The Morgan fingerprint density at radius 2 is 1.79 bits per heavy atom. The van der Waals surface area contributed by atoms with E-state index in [0.717, 1.165) is 24.6 Å². The second-order valence-corrected chi connectivity index (χ2v) is 10.0. The summed E-state index contributed by atoms with van der Waals surface area (Å²) in [6.45, 7) is 7.27. The summed E-state index contributed by atoms with van der Waals surface area (Å²) < 4.78 is 0. The average molecular weight is 523 g/mol. The van der Waals surface area contributed by atoms with Gasteiger partial charge in [-0.05, 0) is 55.6 Å². The number of pyridine rings is 1. The molecule has 1 unspecified atom stereocenters. The topological polar surface area (TPSA) is 132 Å². The SMILES string of the molecule is CNCC(C)(C)CC(C)CC(=O)NO.O=Cc1ccc(C(=O)N(CCO)c2cccc3cccnc23)cc1. The lowest BCUT2D eigenvalue weighted by atomic mass is 9.82. The number of anilines is 1. The fraction of sp³-hybridized carbons (Fsp3) is 0.379. The van der Waals surface area contributed by atoms with E-state index in [2.05, 4.69) is 24.1 Å². The third-order valence-electron chi connectivity index (χ3n) is 5.98. The van der Waals surface area contributed by atoms with Crippen molar-refractivity contribution in [2.45, 2.75) is 33.6 Å². The maximum Gasteiger partial charge on any atom is 0.258 e. The van der Waals surface area contributed by atoms with E-state index >= 15 is 0 Å². The Labute approximate surface area is 223 Å². The minimum Gasteiger partial charge on any atom is -0.395 e. The van der Waals surface area contributed by atoms with Gasteiger partial charge in [-0.2, -0.15) is 0 Å². The summed E-state index contributed by atoms with van der Waals surface area (Å²) in [4.78, 5) is 40.4. The third-order valence-corrected chi connectivity index (χ3v) is 5.98. The van der Waals surface area contributed by atoms with Crippen LogP contribution < -0.4 is 15.7 Å². The first-order valence-electron chi connectivity index (χ1n) is 12.5. The van der Waals surface area contributed by atoms with Crippen LogP contribution >= 0.6 is 0 Å². The largest absolute Gasteiger partial charge is 0.395 e. The van der Waals surface area contributed by atoms with Crippen LogP contribution in [0.15, 0.2) is 60.8 Å². The van der Waals surface area contributed by atoms with Crippen LogP contribution in [0.4, 0.5) is 5.69 Å². The van der Waals surface area contributed by atoms with Crippen LogP contribution in [0.5, 0.6) is 0 Å². The molecule has 3 rings (SSSR count). The van der Waals surface area contributed by atoms with E-state index in [1.54, 1.807) is 35.9 Å². The van der Waals surface area contributed by atoms with Gasteiger partial charge in [0.25, 0.3) is 5.91 Å². The van der Waals surface area contributed by atoms with Gasteiger partial charge in [-0.25, -0.2) is 5.48 Å². The normalized spacial score (nSPS) is 11.7. The molecule has 9 heteroatoms. The monoisotopic (exact) mass is 522 g/mol. The quantitative estimate of drug-likeness (QED) is 0.171. The summed E-state index contributed by atoms with van der Waals surface area (Å²) in [5, 5.41) is 21.8. The van der Waals surface area contributed by atoms with Gasteiger partial charge in [0.05, 0.1) is 17.8 Å². The molecule has 2 amide bonds. The van der Waals surface area contributed by atoms with E-state index in [0.29, 0.717) is 28.8 Å². The Morgan fingerprint density at radius 3 is 2.39 bits per heavy atom. The Hall–Kier alpha value is -3.66. The maximum atomic E-state index is 12.9. The lowest BCUT2D eigenvalue weighted by Gasteiger charge is -2.27. The first kappa shape index (κ1) is 30.6. The van der Waals surface area contributed by atoms with Crippen molar-refractivity contribution in [2.75, 3.05) is 31.6 Å². The lowest BCUT2D eigenvalue weighted by Crippen LogP contribution is -2.33. The van der Waals surface area contributed by atoms with E-state index in [1.807, 2.05) is 44.3 Å². The van der Waals surface area contributed by atoms with Crippen molar-refractivity contribution in [3.05, 3.63) is 71.9 Å². The number of hydrogen-bond donors (Lipinski definition) is 4. The molecule has 0 bridgehead atoms. The van der Waals surface area contributed by atoms with Crippen molar-refractivity contribution in [3.8, 4) is 0 Å². The number of aromatic nitrogens is 1. The van der Waals surface area contributed by atoms with Gasteiger partial charge in [-0.15, -0.1) is 0 Å². The highest BCUT2D eigenvalue weighted by molar-refractivity contribution is 6.10. The second-order valence-electron chi connectivity index (χ2n) is 10.0. The van der Waals surface area contributed by atoms with E-state index in [9.17, 15) is 19.5 Å². The van der Waals surface area contributed by atoms with Gasteiger partial charge < -0.3 is 15.3 Å². The Bertz CT molecular complexity index is 1190. The summed E-state index contributed by atoms with van der Waals surface area (Å²) in [6, 6.07) is 15.7. The number of aliphatic hydroxyl groups excluding tert-OH is 1. The smallest absolute Gasteiger partial charge is 0.258 e. The number of amides is 2. The first-order chi connectivity index (χ1) is 18.1. The van der Waals surface area contributed by atoms with Crippen molar-refractivity contribution in [3.63, 3.8) is 0 Å². The second kappa shape index (κ2) is 14.9. The molecule has 38 heavy (non-hydrogen) atoms. The Morgan fingerprint density at radius 1 is 1.11 bits per heavy atom. The lowest BCUT2D eigenvalue weighted by molar-refractivity contribution is -0.130. The Balaban J connectivity index is 0.000000312. The highest BCUT2D eigenvalue weighted by Crippen LogP contribution is 2.27. The van der Waals surface area contributed by atoms with E-state index in [1.165, 1.54) is 4.90 Å². The molecule has 0 saturated carbocycles. The van der Waals surface area contributed by atoms with Gasteiger partial charge in [0, 0.05) is 35.7 Å². The van der Waals surface area contributed by atoms with Crippen LogP contribution in [0.2, 0.25) is 0 Å². The van der Waals surface area contributed by atoms with Crippen LogP contribution in [0.1, 0.15) is 54.3 Å². The van der Waals surface area contributed by atoms with E-state index < -0.39 is 0 Å². The average Bonchev–Trinajstić information content (AvgIpc) is 2.91. The number of nitrogens with one attached hydrogen (secondary N) is 2. The van der Waals surface area contributed by atoms with Crippen LogP contribution in [0.3, 0.4) is 0 Å². The number of nitrogens with zero attached hydrogens (tertiary/aromatic N) is 2. The first-order valence-corrected chi connectivity index (χ1v) is 12.5. The molecule has 0 saturated heterocycles. The van der Waals surface area contributed by atoms with Crippen molar-refractivity contribution < 1.29 is 24.7 Å². The zero-order valence-corrected chi connectivity index (χ0v) is 22.5. The molecule has 0 radical (unpaired) electrons. The molecule has 0 spiro atoms. The van der Waals surface area contributed by atoms with Gasteiger partial charge in [0.15, 0.2) is 0 Å². The number of benzene rings is 2. The molecule has 4 N–H and O–H groups in total. The number of aliphatic hydroxyl groups is 1. The van der Waals surface area contributed by atoms with Crippen LogP contribution in [-0.4, -0.2) is 60.1 Å². The highest BCUT2D eigenvalue weighted by atomic mass is 16.5. The van der Waals surface area contributed by atoms with Gasteiger partial charge in [-0.3, -0.25) is 24.6 Å². The number of rotatable bonds is 11. The zero-order valence-electron chi connectivity index (χ0n) is 22.5. The number of fused-ring (bicyclic) bond motifs is 1. The minimum absolute atomic E-state index is 0.157. The molecule has 0 aliphatic carbocycles. The number of carbonyl (C=O) groups excluding carboxylic acids is 3.